The third-order valence-electron chi connectivity index (χ3n) is 3.35. The van der Waals surface area contributed by atoms with Crippen LogP contribution in [0.15, 0.2) is 24.3 Å². The minimum absolute atomic E-state index is 0.0359. The first-order valence-corrected chi connectivity index (χ1v) is 6.55. The maximum Gasteiger partial charge on any atom is 0.186 e. The van der Waals surface area contributed by atoms with Crippen LogP contribution < -0.4 is 10.6 Å². The maximum absolute atomic E-state index is 9.28. The van der Waals surface area contributed by atoms with E-state index in [1.54, 1.807) is 0 Å². The number of nitriles is 1. The molecule has 0 atom stereocenters. The lowest BCUT2D eigenvalue weighted by molar-refractivity contribution is 0.385. The molecule has 0 amide bonds. The lowest BCUT2D eigenvalue weighted by Crippen LogP contribution is -2.37. The second-order valence-corrected chi connectivity index (χ2v) is 5.75. The van der Waals surface area contributed by atoms with E-state index >= 15 is 0 Å². The van der Waals surface area contributed by atoms with E-state index in [9.17, 15) is 5.26 Å². The molecule has 2 rings (SSSR count). The molecule has 2 aromatic rings. The van der Waals surface area contributed by atoms with Crippen molar-refractivity contribution < 1.29 is 0 Å². The van der Waals surface area contributed by atoms with Crippen LogP contribution in [0, 0.1) is 16.7 Å². The zero-order valence-corrected chi connectivity index (χ0v) is 12.1. The molecule has 1 aromatic carbocycles. The number of nitrogens with zero attached hydrogens (tertiary/aromatic N) is 4. The first-order valence-electron chi connectivity index (χ1n) is 6.55. The molecule has 1 heterocycles. The van der Waals surface area contributed by atoms with E-state index in [2.05, 4.69) is 30.1 Å². The summed E-state index contributed by atoms with van der Waals surface area (Å²) in [6.45, 7) is 5.53. The second-order valence-electron chi connectivity index (χ2n) is 5.75. The number of benzene rings is 1. The van der Waals surface area contributed by atoms with Gasteiger partial charge >= 0.3 is 0 Å². The molecule has 0 radical (unpaired) electrons. The quantitative estimate of drug-likeness (QED) is 0.917. The highest BCUT2D eigenvalue weighted by Gasteiger charge is 2.22. The van der Waals surface area contributed by atoms with Gasteiger partial charge in [-0.1, -0.05) is 32.0 Å². The first-order chi connectivity index (χ1) is 9.48. The molecule has 0 spiro atoms. The van der Waals surface area contributed by atoms with Gasteiger partial charge in [0.2, 0.25) is 0 Å². The maximum atomic E-state index is 9.28. The normalized spacial score (nSPS) is 11.3. The zero-order valence-electron chi connectivity index (χ0n) is 12.1. The zero-order chi connectivity index (χ0) is 14.8. The summed E-state index contributed by atoms with van der Waals surface area (Å²) in [6, 6.07) is 9.84. The van der Waals surface area contributed by atoms with Crippen LogP contribution in [-0.2, 0) is 0 Å². The Hall–Kier alpha value is -2.19. The summed E-state index contributed by atoms with van der Waals surface area (Å²) in [5.41, 5.74) is 7.72. The first kappa shape index (κ1) is 14.2. The van der Waals surface area contributed by atoms with Crippen LogP contribution >= 0.6 is 0 Å². The number of hydrogen-bond donors (Lipinski definition) is 1. The number of fused-ring (bicyclic) bond motifs is 1. The van der Waals surface area contributed by atoms with Gasteiger partial charge in [0.25, 0.3) is 0 Å². The van der Waals surface area contributed by atoms with Gasteiger partial charge in [0.05, 0.1) is 11.2 Å². The second kappa shape index (κ2) is 5.43. The lowest BCUT2D eigenvalue weighted by atomic mass is 9.93. The predicted molar refractivity (Wildman–Crippen MR) is 80.4 cm³/mol. The molecule has 5 heteroatoms. The Labute approximate surface area is 119 Å². The van der Waals surface area contributed by atoms with E-state index in [-0.39, 0.29) is 5.41 Å². The van der Waals surface area contributed by atoms with Crippen LogP contribution in [0.3, 0.4) is 0 Å². The van der Waals surface area contributed by atoms with Gasteiger partial charge in [0.15, 0.2) is 5.69 Å². The highest BCUT2D eigenvalue weighted by molar-refractivity contribution is 5.93. The van der Waals surface area contributed by atoms with Gasteiger partial charge in [-0.15, -0.1) is 10.2 Å². The van der Waals surface area contributed by atoms with Crippen LogP contribution in [0.1, 0.15) is 19.5 Å². The summed E-state index contributed by atoms with van der Waals surface area (Å²) in [5.74, 6) is 0. The minimum atomic E-state index is -0.0359. The van der Waals surface area contributed by atoms with Crippen molar-refractivity contribution in [3.63, 3.8) is 0 Å². The molecule has 104 valence electrons. The fourth-order valence-corrected chi connectivity index (χ4v) is 2.29. The molecule has 20 heavy (non-hydrogen) atoms. The Morgan fingerprint density at radius 3 is 2.65 bits per heavy atom. The van der Waals surface area contributed by atoms with E-state index < -0.39 is 0 Å². The van der Waals surface area contributed by atoms with Crippen molar-refractivity contribution in [3.8, 4) is 6.07 Å². The van der Waals surface area contributed by atoms with Crippen molar-refractivity contribution in [1.82, 2.24) is 10.2 Å². The Morgan fingerprint density at radius 1 is 1.30 bits per heavy atom. The van der Waals surface area contributed by atoms with Crippen LogP contribution in [-0.4, -0.2) is 30.3 Å². The monoisotopic (exact) mass is 269 g/mol. The van der Waals surface area contributed by atoms with Crippen molar-refractivity contribution in [2.75, 3.05) is 25.0 Å². The lowest BCUT2D eigenvalue weighted by Gasteiger charge is -2.31. The standard InChI is InChI=1S/C15H19N5/c1-15(2,9-17)10-20(3)14-11-6-4-5-7-12(11)18-19-13(14)8-16/h4-7H,9-10,17H2,1-3H3. The number of rotatable bonds is 4. The molecule has 0 aliphatic heterocycles. The van der Waals surface area contributed by atoms with E-state index in [4.69, 9.17) is 5.73 Å². The molecule has 5 nitrogen and oxygen atoms in total. The summed E-state index contributed by atoms with van der Waals surface area (Å²) in [5, 5.41) is 18.3. The number of hydrogen-bond acceptors (Lipinski definition) is 5. The average Bonchev–Trinajstić information content (AvgIpc) is 2.45. The smallest absolute Gasteiger partial charge is 0.186 e. The molecule has 0 aliphatic carbocycles. The van der Waals surface area contributed by atoms with Gasteiger partial charge in [-0.3, -0.25) is 0 Å². The molecular formula is C15H19N5. The number of nitrogens with two attached hydrogens (primary N) is 1. The van der Waals surface area contributed by atoms with Gasteiger partial charge in [-0.25, -0.2) is 0 Å². The van der Waals surface area contributed by atoms with Crippen molar-refractivity contribution >= 4 is 16.6 Å². The van der Waals surface area contributed by atoms with Crippen LogP contribution in [0.25, 0.3) is 10.9 Å². The molecule has 0 saturated carbocycles. The largest absolute Gasteiger partial charge is 0.371 e. The van der Waals surface area contributed by atoms with E-state index in [0.717, 1.165) is 23.1 Å². The van der Waals surface area contributed by atoms with Crippen molar-refractivity contribution in [1.29, 1.82) is 5.26 Å². The Bertz CT molecular complexity index is 657. The molecule has 0 saturated heterocycles. The topological polar surface area (TPSA) is 78.8 Å². The summed E-state index contributed by atoms with van der Waals surface area (Å²) in [7, 11) is 1.96. The van der Waals surface area contributed by atoms with Gasteiger partial charge in [-0.05, 0) is 18.0 Å². The van der Waals surface area contributed by atoms with Gasteiger partial charge in [0.1, 0.15) is 6.07 Å². The molecule has 2 N–H and O–H groups in total. The molecule has 0 unspecified atom stereocenters. The third-order valence-corrected chi connectivity index (χ3v) is 3.35. The highest BCUT2D eigenvalue weighted by Crippen LogP contribution is 2.29. The third kappa shape index (κ3) is 2.70. The van der Waals surface area contributed by atoms with Crippen LogP contribution in [0.5, 0.6) is 0 Å². The molecule has 0 fully saturated rings. The number of aromatic nitrogens is 2. The Morgan fingerprint density at radius 2 is 2.00 bits per heavy atom. The van der Waals surface area contributed by atoms with Gasteiger partial charge in [0, 0.05) is 19.0 Å². The Balaban J connectivity index is 2.54. The fourth-order valence-electron chi connectivity index (χ4n) is 2.29. The minimum Gasteiger partial charge on any atom is -0.371 e. The predicted octanol–water partition coefficient (Wildman–Crippen LogP) is 1.92. The number of anilines is 1. The average molecular weight is 269 g/mol. The summed E-state index contributed by atoms with van der Waals surface area (Å²) < 4.78 is 0. The summed E-state index contributed by atoms with van der Waals surface area (Å²) in [4.78, 5) is 2.04. The van der Waals surface area contributed by atoms with Crippen molar-refractivity contribution in [3.05, 3.63) is 30.0 Å². The van der Waals surface area contributed by atoms with Crippen LogP contribution in [0.2, 0.25) is 0 Å². The van der Waals surface area contributed by atoms with E-state index in [1.165, 1.54) is 0 Å². The highest BCUT2D eigenvalue weighted by atomic mass is 15.2. The SMILES string of the molecule is CN(CC(C)(C)CN)c1c(C#N)nnc2ccccc12. The summed E-state index contributed by atoms with van der Waals surface area (Å²) >= 11 is 0. The molecule has 0 bridgehead atoms. The molecule has 0 aliphatic rings. The van der Waals surface area contributed by atoms with E-state index in [0.29, 0.717) is 12.2 Å². The van der Waals surface area contributed by atoms with E-state index in [1.807, 2.05) is 36.2 Å². The molecule has 1 aromatic heterocycles. The van der Waals surface area contributed by atoms with Gasteiger partial charge in [-0.2, -0.15) is 5.26 Å². The van der Waals surface area contributed by atoms with Crippen LogP contribution in [0.4, 0.5) is 5.69 Å². The van der Waals surface area contributed by atoms with Crippen molar-refractivity contribution in [2.24, 2.45) is 11.1 Å². The van der Waals surface area contributed by atoms with Crippen molar-refractivity contribution in [2.45, 2.75) is 13.8 Å². The fraction of sp³-hybridized carbons (Fsp3) is 0.400. The summed E-state index contributed by atoms with van der Waals surface area (Å²) in [6.07, 6.45) is 0. The Kier molecular flexibility index (Phi) is 3.86. The van der Waals surface area contributed by atoms with Gasteiger partial charge < -0.3 is 10.6 Å². The molecular weight excluding hydrogens is 250 g/mol.